The zero-order valence-corrected chi connectivity index (χ0v) is 32.3. The number of nitrogens with zero attached hydrogens (tertiary/aromatic N) is 1. The van der Waals surface area contributed by atoms with E-state index in [2.05, 4.69) is 55.5 Å². The molecule has 0 bridgehead atoms. The van der Waals surface area contributed by atoms with Crippen LogP contribution in [0, 0.1) is 23.7 Å². The normalized spacial score (nSPS) is 28.4. The SMILES string of the molecule is CC1(c2cccc(NS(C)(=O)=O)c2)C2CN(CCCC(F)(F)F)CC21.CC1(c2cccc(NS(C)(=O)=O)c2)C2CNCC21.FC(F)(F)CCCBr. The molecule has 288 valence electrons. The van der Waals surface area contributed by atoms with Crippen LogP contribution in [0.2, 0.25) is 0 Å². The molecular weight excluding hydrogens is 786 g/mol. The number of nitrogens with one attached hydrogen (secondary N) is 3. The van der Waals surface area contributed by atoms with Gasteiger partial charge < -0.3 is 10.2 Å². The standard InChI is InChI=1S/C17H23F3N2O2S.C13H18N2O2S.C4H6BrF3/c1-16(12-5-3-6-13(9-12)21-25(2,23)24)14-10-22(11-15(14)16)8-4-7-17(18,19)20;1-13(11-7-14-8-12(11)13)9-4-3-5-10(6-9)15-18(2,16)17;5-3-1-2-4(6,7)8/h3,5-6,9,14-15,21H,4,7-8,10-11H2,1-2H3;3-6,11-12,14-15H,7-8H2,1-2H3;1-3H2. The lowest BCUT2D eigenvalue weighted by atomic mass is 9.92. The molecule has 4 aliphatic rings. The van der Waals surface area contributed by atoms with E-state index in [-0.39, 0.29) is 23.7 Å². The van der Waals surface area contributed by atoms with Crippen LogP contribution in [0.1, 0.15) is 50.7 Å². The number of hydrogen-bond donors (Lipinski definition) is 3. The molecule has 2 aromatic rings. The van der Waals surface area contributed by atoms with E-state index in [4.69, 9.17) is 0 Å². The summed E-state index contributed by atoms with van der Waals surface area (Å²) < 4.78 is 121. The number of benzene rings is 2. The second-order valence-electron chi connectivity index (χ2n) is 14.4. The average Bonchev–Trinajstić information content (AvgIpc) is 3.46. The van der Waals surface area contributed by atoms with Crippen molar-refractivity contribution in [2.75, 3.05) is 60.0 Å². The number of fused-ring (bicyclic) bond motifs is 2. The Morgan fingerprint density at radius 1 is 0.745 bits per heavy atom. The van der Waals surface area contributed by atoms with Crippen molar-refractivity contribution in [2.24, 2.45) is 23.7 Å². The van der Waals surface area contributed by atoms with Crippen molar-refractivity contribution < 1.29 is 43.2 Å². The van der Waals surface area contributed by atoms with Crippen molar-refractivity contribution >= 4 is 47.4 Å². The van der Waals surface area contributed by atoms with Crippen LogP contribution in [-0.4, -0.2) is 84.7 Å². The molecule has 2 aromatic carbocycles. The van der Waals surface area contributed by atoms with Crippen LogP contribution < -0.4 is 14.8 Å². The monoisotopic (exact) mass is 832 g/mol. The predicted molar refractivity (Wildman–Crippen MR) is 192 cm³/mol. The van der Waals surface area contributed by atoms with Crippen molar-refractivity contribution in [2.45, 2.75) is 62.7 Å². The summed E-state index contributed by atoms with van der Waals surface area (Å²) in [5.41, 5.74) is 3.75. The fourth-order valence-electron chi connectivity index (χ4n) is 7.84. The van der Waals surface area contributed by atoms with Crippen molar-refractivity contribution in [3.05, 3.63) is 59.7 Å². The molecule has 8 nitrogen and oxygen atoms in total. The lowest BCUT2D eigenvalue weighted by molar-refractivity contribution is -0.136. The molecule has 2 saturated heterocycles. The Labute approximate surface area is 305 Å². The van der Waals surface area contributed by atoms with Gasteiger partial charge in [-0.3, -0.25) is 9.44 Å². The summed E-state index contributed by atoms with van der Waals surface area (Å²) in [7, 11) is -6.52. The molecule has 0 aromatic heterocycles. The highest BCUT2D eigenvalue weighted by atomic mass is 79.9. The van der Waals surface area contributed by atoms with Gasteiger partial charge in [0, 0.05) is 53.5 Å². The van der Waals surface area contributed by atoms with Crippen LogP contribution in [0.3, 0.4) is 0 Å². The molecule has 3 N–H and O–H groups in total. The Hall–Kier alpha value is -2.08. The van der Waals surface area contributed by atoms with Crippen LogP contribution >= 0.6 is 15.9 Å². The first kappa shape index (κ1) is 41.7. The third-order valence-electron chi connectivity index (χ3n) is 10.6. The maximum atomic E-state index is 12.2. The first-order valence-corrected chi connectivity index (χ1v) is 21.7. The van der Waals surface area contributed by atoms with E-state index in [0.29, 0.717) is 46.9 Å². The van der Waals surface area contributed by atoms with Crippen molar-refractivity contribution in [1.29, 1.82) is 0 Å². The fraction of sp³-hybridized carbons (Fsp3) is 0.647. The van der Waals surface area contributed by atoms with Crippen LogP contribution in [0.25, 0.3) is 0 Å². The summed E-state index contributed by atoms with van der Waals surface area (Å²) in [6.45, 7) is 8.69. The van der Waals surface area contributed by atoms with Crippen LogP contribution in [0.15, 0.2) is 48.5 Å². The summed E-state index contributed by atoms with van der Waals surface area (Å²) in [5, 5.41) is 3.81. The first-order valence-electron chi connectivity index (χ1n) is 16.8. The first-order chi connectivity index (χ1) is 23.5. The zero-order valence-electron chi connectivity index (χ0n) is 29.0. The van der Waals surface area contributed by atoms with Crippen molar-refractivity contribution in [3.8, 4) is 0 Å². The van der Waals surface area contributed by atoms with E-state index in [1.54, 1.807) is 12.1 Å². The number of hydrogen-bond acceptors (Lipinski definition) is 6. The molecule has 4 fully saturated rings. The highest BCUT2D eigenvalue weighted by Crippen LogP contribution is 2.63. The number of sulfonamides is 2. The lowest BCUT2D eigenvalue weighted by Gasteiger charge is -2.25. The molecule has 2 aliphatic heterocycles. The predicted octanol–water partition coefficient (Wildman–Crippen LogP) is 7.11. The molecule has 2 saturated carbocycles. The van der Waals surface area contributed by atoms with E-state index in [1.165, 1.54) is 11.8 Å². The van der Waals surface area contributed by atoms with Gasteiger partial charge in [-0.25, -0.2) is 16.8 Å². The highest BCUT2D eigenvalue weighted by molar-refractivity contribution is 9.09. The van der Waals surface area contributed by atoms with E-state index in [1.807, 2.05) is 30.3 Å². The van der Waals surface area contributed by atoms with Gasteiger partial charge in [-0.2, -0.15) is 26.3 Å². The lowest BCUT2D eigenvalue weighted by Crippen LogP contribution is -2.30. The molecule has 4 atom stereocenters. The van der Waals surface area contributed by atoms with Gasteiger partial charge in [0.05, 0.1) is 12.5 Å². The van der Waals surface area contributed by atoms with Gasteiger partial charge >= 0.3 is 12.4 Å². The van der Waals surface area contributed by atoms with E-state index in [9.17, 15) is 43.2 Å². The van der Waals surface area contributed by atoms with E-state index in [0.717, 1.165) is 38.0 Å². The van der Waals surface area contributed by atoms with Gasteiger partial charge in [0.2, 0.25) is 20.0 Å². The summed E-state index contributed by atoms with van der Waals surface area (Å²) in [6, 6.07) is 15.2. The molecular formula is C34H47BrF6N4O4S2. The summed E-state index contributed by atoms with van der Waals surface area (Å²) in [5.74, 6) is 2.25. The number of alkyl halides is 7. The smallest absolute Gasteiger partial charge is 0.316 e. The van der Waals surface area contributed by atoms with Gasteiger partial charge in [0.25, 0.3) is 0 Å². The van der Waals surface area contributed by atoms with Gasteiger partial charge in [-0.05, 0) is 91.5 Å². The Morgan fingerprint density at radius 3 is 1.53 bits per heavy atom. The Morgan fingerprint density at radius 2 is 1.16 bits per heavy atom. The Kier molecular flexibility index (Phi) is 12.8. The second-order valence-corrected chi connectivity index (χ2v) is 18.7. The summed E-state index contributed by atoms with van der Waals surface area (Å²) in [4.78, 5) is 2.11. The molecule has 0 amide bonds. The minimum Gasteiger partial charge on any atom is -0.316 e. The van der Waals surface area contributed by atoms with Crippen LogP contribution in [0.5, 0.6) is 0 Å². The maximum Gasteiger partial charge on any atom is 0.389 e. The zero-order chi connectivity index (χ0) is 38.0. The van der Waals surface area contributed by atoms with Gasteiger partial charge in [0.1, 0.15) is 0 Å². The van der Waals surface area contributed by atoms with Gasteiger partial charge in [-0.15, -0.1) is 0 Å². The van der Waals surface area contributed by atoms with Crippen LogP contribution in [0.4, 0.5) is 37.7 Å². The molecule has 2 heterocycles. The average molecular weight is 834 g/mol. The quantitative estimate of drug-likeness (QED) is 0.165. The van der Waals surface area contributed by atoms with Crippen molar-refractivity contribution in [3.63, 3.8) is 0 Å². The van der Waals surface area contributed by atoms with Gasteiger partial charge in [-0.1, -0.05) is 54.0 Å². The third kappa shape index (κ3) is 11.5. The van der Waals surface area contributed by atoms with E-state index >= 15 is 0 Å². The highest BCUT2D eigenvalue weighted by Gasteiger charge is 2.65. The number of halogens is 7. The van der Waals surface area contributed by atoms with Crippen LogP contribution in [-0.2, 0) is 30.9 Å². The fourth-order valence-corrected chi connectivity index (χ4v) is 9.23. The maximum absolute atomic E-state index is 12.2. The minimum absolute atomic E-state index is 0.0181. The molecule has 4 unspecified atom stereocenters. The Bertz CT molecular complexity index is 1700. The molecule has 0 radical (unpaired) electrons. The minimum atomic E-state index is -4.08. The molecule has 17 heteroatoms. The molecule has 2 aliphatic carbocycles. The molecule has 51 heavy (non-hydrogen) atoms. The number of rotatable bonds is 11. The number of anilines is 2. The largest absolute Gasteiger partial charge is 0.389 e. The number of likely N-dealkylation sites (tertiary alicyclic amines) is 1. The summed E-state index contributed by atoms with van der Waals surface area (Å²) in [6.07, 6.45) is -6.86. The topological polar surface area (TPSA) is 108 Å². The third-order valence-corrected chi connectivity index (χ3v) is 12.4. The Balaban J connectivity index is 0.000000195. The number of piperidine rings is 2. The van der Waals surface area contributed by atoms with Crippen molar-refractivity contribution in [1.82, 2.24) is 10.2 Å². The second kappa shape index (κ2) is 15.7. The van der Waals surface area contributed by atoms with E-state index < -0.39 is 45.2 Å². The molecule has 6 rings (SSSR count). The molecule has 0 spiro atoms. The summed E-state index contributed by atoms with van der Waals surface area (Å²) >= 11 is 2.90. The van der Waals surface area contributed by atoms with Gasteiger partial charge in [0.15, 0.2) is 0 Å².